The summed E-state index contributed by atoms with van der Waals surface area (Å²) >= 11 is 0.750. The van der Waals surface area contributed by atoms with E-state index in [0.717, 1.165) is 27.8 Å². The summed E-state index contributed by atoms with van der Waals surface area (Å²) in [6.45, 7) is 3.57. The fourth-order valence-corrected chi connectivity index (χ4v) is 4.60. The summed E-state index contributed by atoms with van der Waals surface area (Å²) < 4.78 is 11.2. The standard InChI is InChI=1S/C28H25N3O7S/c1-17-7-9-21(11-18(17)2)29-26(32)15-30-27(33)25(39-28(30)34)14-19-8-10-23(24(13-19)37-3)38-16-20-5-4-6-22(12-20)31(35)36/h4-14H,15-16H2,1-3H3,(H,29,32)/b25-14+. The fourth-order valence-electron chi connectivity index (χ4n) is 3.77. The summed E-state index contributed by atoms with van der Waals surface area (Å²) in [5.41, 5.74) is 3.85. The summed E-state index contributed by atoms with van der Waals surface area (Å²) in [6, 6.07) is 16.6. The lowest BCUT2D eigenvalue weighted by Gasteiger charge is -2.13. The highest BCUT2D eigenvalue weighted by molar-refractivity contribution is 8.18. The van der Waals surface area contributed by atoms with E-state index in [-0.39, 0.29) is 17.2 Å². The number of nitrogens with zero attached hydrogens (tertiary/aromatic N) is 2. The van der Waals surface area contributed by atoms with E-state index in [4.69, 9.17) is 9.47 Å². The van der Waals surface area contributed by atoms with Crippen molar-refractivity contribution >= 4 is 46.3 Å². The van der Waals surface area contributed by atoms with Crippen molar-refractivity contribution < 1.29 is 28.8 Å². The first-order valence-corrected chi connectivity index (χ1v) is 12.6. The topological polar surface area (TPSA) is 128 Å². The van der Waals surface area contributed by atoms with Crippen LogP contribution in [0.2, 0.25) is 0 Å². The average Bonchev–Trinajstić information content (AvgIpc) is 3.17. The number of imide groups is 1. The van der Waals surface area contributed by atoms with E-state index < -0.39 is 28.5 Å². The van der Waals surface area contributed by atoms with E-state index in [1.54, 1.807) is 42.5 Å². The monoisotopic (exact) mass is 547 g/mol. The molecule has 3 amide bonds. The molecule has 1 aliphatic heterocycles. The summed E-state index contributed by atoms with van der Waals surface area (Å²) in [4.78, 5) is 49.5. The summed E-state index contributed by atoms with van der Waals surface area (Å²) in [5.74, 6) is -0.266. The Labute approximate surface area is 228 Å². The molecule has 1 N–H and O–H groups in total. The normalized spacial score (nSPS) is 14.0. The van der Waals surface area contributed by atoms with Crippen LogP contribution in [0.15, 0.2) is 65.6 Å². The van der Waals surface area contributed by atoms with Gasteiger partial charge in [-0.2, -0.15) is 0 Å². The van der Waals surface area contributed by atoms with Crippen molar-refractivity contribution in [2.45, 2.75) is 20.5 Å². The highest BCUT2D eigenvalue weighted by atomic mass is 32.2. The molecule has 0 saturated carbocycles. The van der Waals surface area contributed by atoms with Crippen LogP contribution in [0.25, 0.3) is 6.08 Å². The van der Waals surface area contributed by atoms with Gasteiger partial charge in [-0.15, -0.1) is 0 Å². The maximum atomic E-state index is 12.9. The Hall–Kier alpha value is -4.64. The number of benzene rings is 3. The second kappa shape index (κ2) is 11.8. The number of thioether (sulfide) groups is 1. The largest absolute Gasteiger partial charge is 0.493 e. The van der Waals surface area contributed by atoms with Crippen LogP contribution in [0.5, 0.6) is 11.5 Å². The van der Waals surface area contributed by atoms with Crippen LogP contribution in [-0.4, -0.2) is 40.5 Å². The Morgan fingerprint density at radius 3 is 2.56 bits per heavy atom. The van der Waals surface area contributed by atoms with Crippen molar-refractivity contribution in [2.24, 2.45) is 0 Å². The Kier molecular flexibility index (Phi) is 8.30. The third-order valence-corrected chi connectivity index (χ3v) is 6.87. The SMILES string of the molecule is COc1cc(/C=C2/SC(=O)N(CC(=O)Nc3ccc(C)c(C)c3)C2=O)ccc1OCc1cccc([N+](=O)[O-])c1. The molecule has 1 saturated heterocycles. The van der Waals surface area contributed by atoms with Crippen LogP contribution in [0.1, 0.15) is 22.3 Å². The minimum atomic E-state index is -0.565. The molecule has 10 nitrogen and oxygen atoms in total. The number of methoxy groups -OCH3 is 1. The molecule has 39 heavy (non-hydrogen) atoms. The first-order chi connectivity index (χ1) is 18.6. The van der Waals surface area contributed by atoms with Gasteiger partial charge in [0.25, 0.3) is 16.8 Å². The van der Waals surface area contributed by atoms with Gasteiger partial charge in [-0.25, -0.2) is 0 Å². The molecule has 0 aliphatic carbocycles. The van der Waals surface area contributed by atoms with E-state index in [2.05, 4.69) is 5.32 Å². The van der Waals surface area contributed by atoms with E-state index in [9.17, 15) is 24.5 Å². The molecule has 0 radical (unpaired) electrons. The summed E-state index contributed by atoms with van der Waals surface area (Å²) in [5, 5.41) is 13.2. The molecule has 0 bridgehead atoms. The number of nitro benzene ring substituents is 1. The van der Waals surface area contributed by atoms with Crippen molar-refractivity contribution in [3.8, 4) is 11.5 Å². The lowest BCUT2D eigenvalue weighted by molar-refractivity contribution is -0.384. The van der Waals surface area contributed by atoms with Gasteiger partial charge in [0.05, 0.1) is 16.9 Å². The Balaban J connectivity index is 1.42. The van der Waals surface area contributed by atoms with Crippen molar-refractivity contribution in [2.75, 3.05) is 19.0 Å². The van der Waals surface area contributed by atoms with Crippen molar-refractivity contribution in [1.82, 2.24) is 4.90 Å². The van der Waals surface area contributed by atoms with Crippen LogP contribution in [-0.2, 0) is 16.2 Å². The molecule has 0 aromatic heterocycles. The lowest BCUT2D eigenvalue weighted by Crippen LogP contribution is -2.36. The number of non-ortho nitro benzene ring substituents is 1. The molecule has 4 rings (SSSR count). The van der Waals surface area contributed by atoms with Gasteiger partial charge >= 0.3 is 0 Å². The maximum absolute atomic E-state index is 12.9. The average molecular weight is 548 g/mol. The number of carbonyl (C=O) groups excluding carboxylic acids is 3. The Bertz CT molecular complexity index is 1500. The van der Waals surface area contributed by atoms with Crippen LogP contribution < -0.4 is 14.8 Å². The number of hydrogen-bond donors (Lipinski definition) is 1. The fraction of sp³-hybridized carbons (Fsp3) is 0.179. The zero-order valence-corrected chi connectivity index (χ0v) is 22.2. The number of rotatable bonds is 9. The van der Waals surface area contributed by atoms with Gasteiger partial charge in [-0.3, -0.25) is 29.4 Å². The second-order valence-electron chi connectivity index (χ2n) is 8.74. The number of aryl methyl sites for hydroxylation is 2. The third kappa shape index (κ3) is 6.63. The first kappa shape index (κ1) is 27.4. The molecule has 0 unspecified atom stereocenters. The van der Waals surface area contributed by atoms with Gasteiger partial charge in [0.1, 0.15) is 13.2 Å². The number of nitrogens with one attached hydrogen (secondary N) is 1. The van der Waals surface area contributed by atoms with Crippen LogP contribution in [0.3, 0.4) is 0 Å². The number of amides is 3. The molecule has 1 aliphatic rings. The molecular weight excluding hydrogens is 522 g/mol. The number of nitro groups is 1. The van der Waals surface area contributed by atoms with E-state index in [0.29, 0.717) is 28.3 Å². The van der Waals surface area contributed by atoms with Gasteiger partial charge in [-0.1, -0.05) is 24.3 Å². The number of carbonyl (C=O) groups is 3. The molecule has 1 heterocycles. The third-order valence-electron chi connectivity index (χ3n) is 5.97. The molecule has 200 valence electrons. The van der Waals surface area contributed by atoms with Crippen molar-refractivity contribution in [1.29, 1.82) is 0 Å². The quantitative estimate of drug-likeness (QED) is 0.212. The van der Waals surface area contributed by atoms with E-state index in [1.807, 2.05) is 26.0 Å². The van der Waals surface area contributed by atoms with Crippen LogP contribution in [0.4, 0.5) is 16.2 Å². The molecule has 11 heteroatoms. The lowest BCUT2D eigenvalue weighted by atomic mass is 10.1. The van der Waals surface area contributed by atoms with Crippen molar-refractivity contribution in [3.05, 3.63) is 97.9 Å². The van der Waals surface area contributed by atoms with Gasteiger partial charge in [-0.05, 0) is 78.2 Å². The first-order valence-electron chi connectivity index (χ1n) is 11.8. The van der Waals surface area contributed by atoms with Crippen LogP contribution in [0, 0.1) is 24.0 Å². The molecular formula is C28H25N3O7S. The number of ether oxygens (including phenoxy) is 2. The highest BCUT2D eigenvalue weighted by Crippen LogP contribution is 2.35. The molecule has 0 atom stereocenters. The number of anilines is 1. The van der Waals surface area contributed by atoms with Gasteiger partial charge < -0.3 is 14.8 Å². The van der Waals surface area contributed by atoms with E-state index in [1.165, 1.54) is 19.2 Å². The van der Waals surface area contributed by atoms with Gasteiger partial charge in [0.2, 0.25) is 5.91 Å². The van der Waals surface area contributed by atoms with Crippen LogP contribution >= 0.6 is 11.8 Å². The molecule has 1 fully saturated rings. The molecule has 3 aromatic carbocycles. The molecule has 0 spiro atoms. The van der Waals surface area contributed by atoms with E-state index >= 15 is 0 Å². The molecule has 3 aromatic rings. The smallest absolute Gasteiger partial charge is 0.294 e. The predicted octanol–water partition coefficient (Wildman–Crippen LogP) is 5.47. The number of hydrogen-bond acceptors (Lipinski definition) is 8. The zero-order valence-electron chi connectivity index (χ0n) is 21.4. The summed E-state index contributed by atoms with van der Waals surface area (Å²) in [6.07, 6.45) is 1.54. The minimum absolute atomic E-state index is 0.0323. The summed E-state index contributed by atoms with van der Waals surface area (Å²) in [7, 11) is 1.46. The zero-order chi connectivity index (χ0) is 28.1. The highest BCUT2D eigenvalue weighted by Gasteiger charge is 2.36. The predicted molar refractivity (Wildman–Crippen MR) is 148 cm³/mol. The maximum Gasteiger partial charge on any atom is 0.294 e. The minimum Gasteiger partial charge on any atom is -0.493 e. The second-order valence-corrected chi connectivity index (χ2v) is 9.73. The Morgan fingerprint density at radius 1 is 1.05 bits per heavy atom. The Morgan fingerprint density at radius 2 is 1.85 bits per heavy atom. The van der Waals surface area contributed by atoms with Gasteiger partial charge in [0, 0.05) is 17.8 Å². The van der Waals surface area contributed by atoms with Crippen molar-refractivity contribution in [3.63, 3.8) is 0 Å². The van der Waals surface area contributed by atoms with Gasteiger partial charge in [0.15, 0.2) is 11.5 Å².